The van der Waals surface area contributed by atoms with Gasteiger partial charge in [-0.1, -0.05) is 29.8 Å². The van der Waals surface area contributed by atoms with Crippen LogP contribution in [0.25, 0.3) is 0 Å². The third-order valence-corrected chi connectivity index (χ3v) is 4.54. The van der Waals surface area contributed by atoms with E-state index in [1.165, 1.54) is 0 Å². The number of halogens is 1. The van der Waals surface area contributed by atoms with Gasteiger partial charge < -0.3 is 19.7 Å². The molecule has 1 aromatic rings. The molecule has 6 heteroatoms. The van der Waals surface area contributed by atoms with Crippen molar-refractivity contribution in [3.63, 3.8) is 0 Å². The third-order valence-electron chi connectivity index (χ3n) is 4.30. The number of methoxy groups -OCH3 is 1. The number of nitrogens with zero attached hydrogens (tertiary/aromatic N) is 1. The van der Waals surface area contributed by atoms with Gasteiger partial charge in [0, 0.05) is 23.5 Å². The zero-order chi connectivity index (χ0) is 18.2. The van der Waals surface area contributed by atoms with E-state index in [0.29, 0.717) is 23.7 Å². The molecule has 1 heterocycles. The van der Waals surface area contributed by atoms with Crippen LogP contribution in [0.5, 0.6) is 5.75 Å². The summed E-state index contributed by atoms with van der Waals surface area (Å²) < 4.78 is 10.5. The number of aliphatic hydroxyl groups is 2. The molecule has 1 aromatic carbocycles. The minimum atomic E-state index is -0.736. The van der Waals surface area contributed by atoms with Crippen LogP contribution >= 0.6 is 11.6 Å². The van der Waals surface area contributed by atoms with Crippen molar-refractivity contribution in [2.75, 3.05) is 27.3 Å². The van der Waals surface area contributed by atoms with Gasteiger partial charge in [0.25, 0.3) is 0 Å². The molecule has 138 valence electrons. The molecule has 1 fully saturated rings. The van der Waals surface area contributed by atoms with E-state index in [2.05, 4.69) is 4.90 Å². The molecular weight excluding hydrogens is 342 g/mol. The van der Waals surface area contributed by atoms with Crippen LogP contribution in [0, 0.1) is 5.92 Å². The molecule has 5 nitrogen and oxygen atoms in total. The fraction of sp³-hybridized carbons (Fsp3) is 0.474. The molecule has 1 saturated heterocycles. The normalized spacial score (nSPS) is 25.7. The largest absolute Gasteiger partial charge is 0.505 e. The maximum Gasteiger partial charge on any atom is 0.120 e. The summed E-state index contributed by atoms with van der Waals surface area (Å²) >= 11 is 5.91. The molecule has 2 rings (SSSR count). The highest BCUT2D eigenvalue weighted by atomic mass is 35.5. The van der Waals surface area contributed by atoms with E-state index in [-0.39, 0.29) is 18.6 Å². The van der Waals surface area contributed by atoms with Crippen LogP contribution in [-0.4, -0.2) is 60.7 Å². The van der Waals surface area contributed by atoms with E-state index in [9.17, 15) is 10.2 Å². The van der Waals surface area contributed by atoms with Gasteiger partial charge in [0.1, 0.15) is 18.5 Å². The summed E-state index contributed by atoms with van der Waals surface area (Å²) in [7, 11) is 3.56. The van der Waals surface area contributed by atoms with Crippen molar-refractivity contribution >= 4 is 11.6 Å². The van der Waals surface area contributed by atoms with Crippen molar-refractivity contribution in [2.24, 2.45) is 5.92 Å². The van der Waals surface area contributed by atoms with Crippen LogP contribution in [-0.2, 0) is 4.74 Å². The molecule has 0 aliphatic carbocycles. The van der Waals surface area contributed by atoms with Crippen LogP contribution in [0.15, 0.2) is 48.8 Å². The molecule has 0 spiro atoms. The van der Waals surface area contributed by atoms with Crippen LogP contribution < -0.4 is 4.74 Å². The number of ether oxygens (including phenoxy) is 2. The summed E-state index contributed by atoms with van der Waals surface area (Å²) in [4.78, 5) is 2.08. The van der Waals surface area contributed by atoms with Crippen LogP contribution in [0.2, 0.25) is 5.02 Å². The van der Waals surface area contributed by atoms with Gasteiger partial charge in [0.05, 0.1) is 19.5 Å². The molecule has 2 N–H and O–H groups in total. The predicted octanol–water partition coefficient (Wildman–Crippen LogP) is 2.48. The summed E-state index contributed by atoms with van der Waals surface area (Å²) in [6.07, 6.45) is 6.76. The van der Waals surface area contributed by atoms with Gasteiger partial charge in [-0.3, -0.25) is 4.90 Å². The molecule has 1 aliphatic rings. The van der Waals surface area contributed by atoms with Crippen LogP contribution in [0.4, 0.5) is 0 Å². The van der Waals surface area contributed by atoms with E-state index < -0.39 is 12.2 Å². The number of rotatable bonds is 8. The highest BCUT2D eigenvalue weighted by Gasteiger charge is 2.36. The molecule has 0 aromatic heterocycles. The Morgan fingerprint density at radius 3 is 2.96 bits per heavy atom. The smallest absolute Gasteiger partial charge is 0.120 e. The standard InChI is InChI=1S/C19H26ClNO4/c1-21-12-19(23)17(7-4-10-24-2)18(21)9-8-15(22)13-25-16-6-3-5-14(20)11-16/h3-6,8-11,15,17-19,22-23H,7,12-13H2,1-2H3/b9-8+,10-4?/t15?,17-,18-,19?/m1/s1. The minimum Gasteiger partial charge on any atom is -0.505 e. The molecule has 0 bridgehead atoms. The van der Waals surface area contributed by atoms with E-state index in [0.717, 1.165) is 0 Å². The van der Waals surface area contributed by atoms with Crippen molar-refractivity contribution in [2.45, 2.75) is 24.7 Å². The molecule has 25 heavy (non-hydrogen) atoms. The SMILES string of the molecule is COC=CC[C@H]1C(O)CN(C)[C@@H]1/C=C/C(O)COc1cccc(Cl)c1. The number of hydrogen-bond acceptors (Lipinski definition) is 5. The Bertz CT molecular complexity index is 593. The fourth-order valence-corrected chi connectivity index (χ4v) is 3.22. The van der Waals surface area contributed by atoms with E-state index in [1.807, 2.05) is 19.2 Å². The fourth-order valence-electron chi connectivity index (χ4n) is 3.04. The Labute approximate surface area is 154 Å². The lowest BCUT2D eigenvalue weighted by Gasteiger charge is -2.21. The highest BCUT2D eigenvalue weighted by Crippen LogP contribution is 2.28. The first-order valence-electron chi connectivity index (χ1n) is 8.32. The average Bonchev–Trinajstić information content (AvgIpc) is 2.85. The average molecular weight is 368 g/mol. The second-order valence-electron chi connectivity index (χ2n) is 6.23. The Kier molecular flexibility index (Phi) is 7.78. The Morgan fingerprint density at radius 1 is 1.44 bits per heavy atom. The number of likely N-dealkylation sites (tertiary alicyclic amines) is 1. The summed E-state index contributed by atoms with van der Waals surface area (Å²) in [5.41, 5.74) is 0. The molecule has 4 atom stereocenters. The molecule has 0 saturated carbocycles. The maximum absolute atomic E-state index is 10.2. The molecular formula is C19H26ClNO4. The van der Waals surface area contributed by atoms with E-state index in [1.54, 1.807) is 43.7 Å². The lowest BCUT2D eigenvalue weighted by atomic mass is 9.94. The Balaban J connectivity index is 1.89. The monoisotopic (exact) mass is 367 g/mol. The van der Waals surface area contributed by atoms with E-state index >= 15 is 0 Å². The first-order valence-corrected chi connectivity index (χ1v) is 8.70. The number of benzene rings is 1. The quantitative estimate of drug-likeness (QED) is 0.546. The predicted molar refractivity (Wildman–Crippen MR) is 98.8 cm³/mol. The van der Waals surface area contributed by atoms with Gasteiger partial charge in [0.15, 0.2) is 0 Å². The topological polar surface area (TPSA) is 62.2 Å². The van der Waals surface area contributed by atoms with E-state index in [4.69, 9.17) is 21.1 Å². The highest BCUT2D eigenvalue weighted by molar-refractivity contribution is 6.30. The summed E-state index contributed by atoms with van der Waals surface area (Å²) in [6, 6.07) is 7.12. The maximum atomic E-state index is 10.2. The molecule has 2 unspecified atom stereocenters. The zero-order valence-corrected chi connectivity index (χ0v) is 15.3. The lowest BCUT2D eigenvalue weighted by Crippen LogP contribution is -2.28. The van der Waals surface area contributed by atoms with Crippen LogP contribution in [0.3, 0.4) is 0 Å². The number of hydrogen-bond donors (Lipinski definition) is 2. The molecule has 0 radical (unpaired) electrons. The van der Waals surface area contributed by atoms with Crippen molar-refractivity contribution in [1.82, 2.24) is 4.90 Å². The van der Waals surface area contributed by atoms with Crippen molar-refractivity contribution in [3.8, 4) is 5.75 Å². The number of likely N-dealkylation sites (N-methyl/N-ethyl adjacent to an activating group) is 1. The van der Waals surface area contributed by atoms with Crippen molar-refractivity contribution in [3.05, 3.63) is 53.8 Å². The number of aliphatic hydroxyl groups excluding tert-OH is 2. The van der Waals surface area contributed by atoms with Crippen molar-refractivity contribution in [1.29, 1.82) is 0 Å². The van der Waals surface area contributed by atoms with Crippen LogP contribution in [0.1, 0.15) is 6.42 Å². The van der Waals surface area contributed by atoms with Gasteiger partial charge >= 0.3 is 0 Å². The molecule has 1 aliphatic heterocycles. The second-order valence-corrected chi connectivity index (χ2v) is 6.66. The zero-order valence-electron chi connectivity index (χ0n) is 14.6. The molecule has 0 amide bonds. The van der Waals surface area contributed by atoms with Gasteiger partial charge in [-0.15, -0.1) is 0 Å². The summed E-state index contributed by atoms with van der Waals surface area (Å²) in [5.74, 6) is 0.685. The van der Waals surface area contributed by atoms with Gasteiger partial charge in [0.2, 0.25) is 0 Å². The number of β-amino-alcohol motifs (C(OH)–C–C–N with tert-alkyl or cyclic N) is 1. The van der Waals surface area contributed by atoms with Crippen molar-refractivity contribution < 1.29 is 19.7 Å². The third kappa shape index (κ3) is 6.04. The first kappa shape index (κ1) is 19.8. The van der Waals surface area contributed by atoms with Gasteiger partial charge in [-0.25, -0.2) is 0 Å². The second kappa shape index (κ2) is 9.82. The Hall–Kier alpha value is -1.53. The minimum absolute atomic E-state index is 0.0531. The first-order chi connectivity index (χ1) is 12.0. The van der Waals surface area contributed by atoms with Gasteiger partial charge in [-0.05, 0) is 37.7 Å². The summed E-state index contributed by atoms with van der Waals surface area (Å²) in [5, 5.41) is 20.9. The number of allylic oxidation sites excluding steroid dienone is 1. The Morgan fingerprint density at radius 2 is 2.24 bits per heavy atom. The van der Waals surface area contributed by atoms with Gasteiger partial charge in [-0.2, -0.15) is 0 Å². The lowest BCUT2D eigenvalue weighted by molar-refractivity contribution is 0.139. The summed E-state index contributed by atoms with van der Waals surface area (Å²) in [6.45, 7) is 0.750.